The number of ether oxygens (including phenoxy) is 1. The molecule has 0 heterocycles. The van der Waals surface area contributed by atoms with Crippen molar-refractivity contribution in [1.29, 1.82) is 0 Å². The Balaban J connectivity index is 1.75. The molecule has 26 heavy (non-hydrogen) atoms. The van der Waals surface area contributed by atoms with Gasteiger partial charge >= 0.3 is 0 Å². The molecular weight excluding hydrogens is 377 g/mol. The summed E-state index contributed by atoms with van der Waals surface area (Å²) >= 11 is 11.8. The number of halogens is 2. The lowest BCUT2D eigenvalue weighted by molar-refractivity contribution is -0.125. The first-order valence-corrected chi connectivity index (χ1v) is 8.40. The van der Waals surface area contributed by atoms with Gasteiger partial charge in [-0.15, -0.1) is 0 Å². The van der Waals surface area contributed by atoms with Crippen LogP contribution in [0.15, 0.2) is 47.6 Å². The Bertz CT molecular complexity index is 808. The molecule has 136 valence electrons. The number of hydrogen-bond donors (Lipinski definition) is 2. The Hall–Kier alpha value is -2.57. The third-order valence-corrected chi connectivity index (χ3v) is 3.89. The second kappa shape index (κ2) is 9.79. The molecule has 2 rings (SSSR count). The normalized spacial score (nSPS) is 10.6. The summed E-state index contributed by atoms with van der Waals surface area (Å²) < 4.78 is 5.05. The maximum Gasteiger partial charge on any atom is 0.259 e. The molecule has 0 unspecified atom stereocenters. The summed E-state index contributed by atoms with van der Waals surface area (Å²) in [5.74, 6) is -0.00310. The average Bonchev–Trinajstić information content (AvgIpc) is 2.62. The number of amides is 2. The molecule has 0 saturated heterocycles. The molecule has 0 aliphatic heterocycles. The molecule has 0 bridgehead atoms. The van der Waals surface area contributed by atoms with Gasteiger partial charge in [0.1, 0.15) is 5.75 Å². The maximum absolute atomic E-state index is 11.9. The number of rotatable bonds is 7. The van der Waals surface area contributed by atoms with Crippen molar-refractivity contribution in [1.82, 2.24) is 10.7 Å². The minimum Gasteiger partial charge on any atom is -0.497 e. The molecule has 0 aliphatic rings. The number of hydrazone groups is 1. The number of nitrogens with one attached hydrogen (secondary N) is 2. The van der Waals surface area contributed by atoms with E-state index in [1.54, 1.807) is 49.6 Å². The highest BCUT2D eigenvalue weighted by Gasteiger charge is 2.06. The molecule has 0 aromatic heterocycles. The van der Waals surface area contributed by atoms with Crippen LogP contribution in [0.5, 0.6) is 5.75 Å². The van der Waals surface area contributed by atoms with Gasteiger partial charge in [0, 0.05) is 10.6 Å². The summed E-state index contributed by atoms with van der Waals surface area (Å²) in [4.78, 5) is 23.6. The highest BCUT2D eigenvalue weighted by atomic mass is 35.5. The van der Waals surface area contributed by atoms with Gasteiger partial charge in [0.2, 0.25) is 5.91 Å². The van der Waals surface area contributed by atoms with E-state index in [1.165, 1.54) is 6.21 Å². The largest absolute Gasteiger partial charge is 0.497 e. The third kappa shape index (κ3) is 6.38. The third-order valence-electron chi connectivity index (χ3n) is 3.33. The molecule has 0 saturated carbocycles. The van der Waals surface area contributed by atoms with E-state index in [4.69, 9.17) is 27.9 Å². The number of carbonyl (C=O) groups is 2. The van der Waals surface area contributed by atoms with Crippen molar-refractivity contribution in [3.05, 3.63) is 63.6 Å². The quantitative estimate of drug-likeness (QED) is 0.560. The lowest BCUT2D eigenvalue weighted by Crippen LogP contribution is -2.35. The predicted molar refractivity (Wildman–Crippen MR) is 102 cm³/mol. The van der Waals surface area contributed by atoms with Crippen LogP contribution < -0.4 is 15.5 Å². The van der Waals surface area contributed by atoms with E-state index in [2.05, 4.69) is 15.8 Å². The summed E-state index contributed by atoms with van der Waals surface area (Å²) in [5, 5.41) is 7.25. The van der Waals surface area contributed by atoms with Crippen molar-refractivity contribution in [3.8, 4) is 5.75 Å². The molecule has 8 heteroatoms. The van der Waals surface area contributed by atoms with Crippen LogP contribution in [-0.4, -0.2) is 31.7 Å². The van der Waals surface area contributed by atoms with Gasteiger partial charge < -0.3 is 10.1 Å². The number of nitrogens with zero attached hydrogens (tertiary/aromatic N) is 1. The summed E-state index contributed by atoms with van der Waals surface area (Å²) in [7, 11) is 1.57. The minimum absolute atomic E-state index is 0.168. The van der Waals surface area contributed by atoms with Crippen LogP contribution in [0, 0.1) is 0 Å². The van der Waals surface area contributed by atoms with Crippen LogP contribution in [0.4, 0.5) is 0 Å². The van der Waals surface area contributed by atoms with E-state index >= 15 is 0 Å². The Morgan fingerprint density at radius 1 is 1.12 bits per heavy atom. The van der Waals surface area contributed by atoms with Gasteiger partial charge in [-0.1, -0.05) is 41.4 Å². The zero-order valence-corrected chi connectivity index (χ0v) is 15.5. The lowest BCUT2D eigenvalue weighted by atomic mass is 10.1. The molecule has 2 aromatic carbocycles. The summed E-state index contributed by atoms with van der Waals surface area (Å²) in [6.07, 6.45) is 1.57. The second-order valence-electron chi connectivity index (χ2n) is 5.26. The smallest absolute Gasteiger partial charge is 0.259 e. The summed E-state index contributed by atoms with van der Waals surface area (Å²) in [6.45, 7) is -0.180. The highest BCUT2D eigenvalue weighted by Crippen LogP contribution is 2.19. The number of methoxy groups -OCH3 is 1. The van der Waals surface area contributed by atoms with Crippen LogP contribution in [0.3, 0.4) is 0 Å². The van der Waals surface area contributed by atoms with Crippen molar-refractivity contribution >= 4 is 41.2 Å². The van der Waals surface area contributed by atoms with Gasteiger partial charge in [0.15, 0.2) is 0 Å². The number of hydrogen-bond acceptors (Lipinski definition) is 4. The Morgan fingerprint density at radius 2 is 1.85 bits per heavy atom. The number of carbonyl (C=O) groups excluding carboxylic acids is 2. The van der Waals surface area contributed by atoms with Crippen LogP contribution in [-0.2, 0) is 16.0 Å². The van der Waals surface area contributed by atoms with E-state index in [1.807, 2.05) is 0 Å². The topological polar surface area (TPSA) is 79.8 Å². The fourth-order valence-electron chi connectivity index (χ4n) is 1.99. The standard InChI is InChI=1S/C18H17Cl2N3O3/c1-26-15-6-2-12(3-7-15)8-17(24)21-11-18(25)23-22-10-13-4-5-14(19)9-16(13)20/h2-7,9-10H,8,11H2,1H3,(H,21,24)(H,23,25)/b22-10+. The first-order chi connectivity index (χ1) is 12.5. The predicted octanol–water partition coefficient (Wildman–Crippen LogP) is 2.81. The molecule has 2 amide bonds. The Labute approximate surface area is 161 Å². The first kappa shape index (κ1) is 19.8. The van der Waals surface area contributed by atoms with E-state index in [0.29, 0.717) is 21.4 Å². The van der Waals surface area contributed by atoms with Crippen molar-refractivity contribution in [2.45, 2.75) is 6.42 Å². The molecule has 0 fully saturated rings. The first-order valence-electron chi connectivity index (χ1n) is 7.64. The van der Waals surface area contributed by atoms with Crippen LogP contribution in [0.2, 0.25) is 10.0 Å². The Morgan fingerprint density at radius 3 is 2.50 bits per heavy atom. The van der Waals surface area contributed by atoms with Crippen molar-refractivity contribution in [3.63, 3.8) is 0 Å². The molecule has 0 radical (unpaired) electrons. The van der Waals surface area contributed by atoms with Crippen molar-refractivity contribution in [2.75, 3.05) is 13.7 Å². The fourth-order valence-corrected chi connectivity index (χ4v) is 2.45. The summed E-state index contributed by atoms with van der Waals surface area (Å²) in [5.41, 5.74) is 3.74. The van der Waals surface area contributed by atoms with Crippen LogP contribution in [0.25, 0.3) is 0 Å². The fraction of sp³-hybridized carbons (Fsp3) is 0.167. The van der Waals surface area contributed by atoms with E-state index < -0.39 is 5.91 Å². The summed E-state index contributed by atoms with van der Waals surface area (Å²) in [6, 6.07) is 12.0. The van der Waals surface area contributed by atoms with Crippen molar-refractivity contribution < 1.29 is 14.3 Å². The molecule has 0 spiro atoms. The second-order valence-corrected chi connectivity index (χ2v) is 6.10. The molecule has 6 nitrogen and oxygen atoms in total. The molecule has 2 N–H and O–H groups in total. The van der Waals surface area contributed by atoms with Gasteiger partial charge in [0.05, 0.1) is 31.3 Å². The SMILES string of the molecule is COc1ccc(CC(=O)NCC(=O)N/N=C/c2ccc(Cl)cc2Cl)cc1. The van der Waals surface area contributed by atoms with Gasteiger partial charge in [-0.2, -0.15) is 5.10 Å². The maximum atomic E-state index is 11.9. The van der Waals surface area contributed by atoms with Crippen LogP contribution in [0.1, 0.15) is 11.1 Å². The molecule has 0 atom stereocenters. The van der Waals surface area contributed by atoms with E-state index in [9.17, 15) is 9.59 Å². The zero-order chi connectivity index (χ0) is 18.9. The average molecular weight is 394 g/mol. The molecule has 2 aromatic rings. The lowest BCUT2D eigenvalue weighted by Gasteiger charge is -2.05. The van der Waals surface area contributed by atoms with Crippen LogP contribution >= 0.6 is 23.2 Å². The van der Waals surface area contributed by atoms with Gasteiger partial charge in [-0.3, -0.25) is 9.59 Å². The Kier molecular flexibility index (Phi) is 7.44. The van der Waals surface area contributed by atoms with Gasteiger partial charge in [-0.05, 0) is 29.8 Å². The monoisotopic (exact) mass is 393 g/mol. The molecule has 0 aliphatic carbocycles. The number of benzene rings is 2. The van der Waals surface area contributed by atoms with E-state index in [0.717, 1.165) is 5.56 Å². The highest BCUT2D eigenvalue weighted by molar-refractivity contribution is 6.36. The van der Waals surface area contributed by atoms with Gasteiger partial charge in [0.25, 0.3) is 5.91 Å². The van der Waals surface area contributed by atoms with Gasteiger partial charge in [-0.25, -0.2) is 5.43 Å². The zero-order valence-electron chi connectivity index (χ0n) is 14.0. The van der Waals surface area contributed by atoms with Crippen molar-refractivity contribution in [2.24, 2.45) is 5.10 Å². The minimum atomic E-state index is -0.450. The van der Waals surface area contributed by atoms with E-state index in [-0.39, 0.29) is 18.9 Å². The molecular formula is C18H17Cl2N3O3.